The van der Waals surface area contributed by atoms with Crippen LogP contribution < -0.4 is 10.5 Å². The molecule has 1 aromatic carbocycles. The molecule has 13 heavy (non-hydrogen) atoms. The Labute approximate surface area is 79.7 Å². The molecule has 0 aliphatic rings. The average molecular weight is 179 g/mol. The Kier molecular flexibility index (Phi) is 3.32. The average Bonchev–Trinajstić information content (AvgIpc) is 2.01. The van der Waals surface area contributed by atoms with E-state index in [-0.39, 0.29) is 6.04 Å². The van der Waals surface area contributed by atoms with Crippen LogP contribution in [0.4, 0.5) is 0 Å². The van der Waals surface area contributed by atoms with Gasteiger partial charge in [-0.2, -0.15) is 0 Å². The van der Waals surface area contributed by atoms with Gasteiger partial charge in [-0.25, -0.2) is 0 Å². The highest BCUT2D eigenvalue weighted by molar-refractivity contribution is 5.34. The maximum atomic E-state index is 5.73. The molecule has 1 atom stereocenters. The normalized spacial score (nSPS) is 12.6. The van der Waals surface area contributed by atoms with Gasteiger partial charge in [0, 0.05) is 6.04 Å². The van der Waals surface area contributed by atoms with Crippen molar-refractivity contribution in [3.63, 3.8) is 0 Å². The van der Waals surface area contributed by atoms with Crippen molar-refractivity contribution in [1.82, 2.24) is 0 Å². The smallest absolute Gasteiger partial charge is 0.119 e. The standard InChI is InChI=1S/C11H17NO/c1-8-4-10(6-9(2)12)7-11(5-8)13-3/h4-5,7,9H,6,12H2,1-3H3/t9-/m0/s1. The fraction of sp³-hybridized carbons (Fsp3) is 0.455. The molecule has 0 saturated heterocycles. The quantitative estimate of drug-likeness (QED) is 0.769. The Morgan fingerprint density at radius 1 is 1.38 bits per heavy atom. The van der Waals surface area contributed by atoms with E-state index in [9.17, 15) is 0 Å². The van der Waals surface area contributed by atoms with Crippen LogP contribution in [0.5, 0.6) is 5.75 Å². The van der Waals surface area contributed by atoms with E-state index in [1.165, 1.54) is 11.1 Å². The van der Waals surface area contributed by atoms with E-state index in [4.69, 9.17) is 10.5 Å². The van der Waals surface area contributed by atoms with Crippen LogP contribution in [-0.4, -0.2) is 13.2 Å². The topological polar surface area (TPSA) is 35.2 Å². The minimum absolute atomic E-state index is 0.200. The summed E-state index contributed by atoms with van der Waals surface area (Å²) in [7, 11) is 1.68. The van der Waals surface area contributed by atoms with Crippen LogP contribution in [0.15, 0.2) is 18.2 Å². The van der Waals surface area contributed by atoms with Crippen molar-refractivity contribution in [2.45, 2.75) is 26.3 Å². The number of hydrogen-bond donors (Lipinski definition) is 1. The fourth-order valence-electron chi connectivity index (χ4n) is 1.43. The predicted molar refractivity (Wildman–Crippen MR) is 55.1 cm³/mol. The highest BCUT2D eigenvalue weighted by atomic mass is 16.5. The number of ether oxygens (including phenoxy) is 1. The van der Waals surface area contributed by atoms with Crippen molar-refractivity contribution in [3.05, 3.63) is 29.3 Å². The number of hydrogen-bond acceptors (Lipinski definition) is 2. The van der Waals surface area contributed by atoms with Crippen LogP contribution in [0, 0.1) is 6.92 Å². The lowest BCUT2D eigenvalue weighted by molar-refractivity contribution is 0.414. The number of aryl methyl sites for hydroxylation is 1. The number of nitrogens with two attached hydrogens (primary N) is 1. The third kappa shape index (κ3) is 3.07. The van der Waals surface area contributed by atoms with Gasteiger partial charge in [-0.15, -0.1) is 0 Å². The molecule has 0 bridgehead atoms. The molecule has 0 aliphatic carbocycles. The molecule has 2 nitrogen and oxygen atoms in total. The van der Waals surface area contributed by atoms with Crippen molar-refractivity contribution in [2.75, 3.05) is 7.11 Å². The van der Waals surface area contributed by atoms with Gasteiger partial charge in [0.25, 0.3) is 0 Å². The molecule has 0 heterocycles. The molecular formula is C11H17NO. The van der Waals surface area contributed by atoms with Gasteiger partial charge in [-0.1, -0.05) is 6.07 Å². The first-order valence-corrected chi connectivity index (χ1v) is 4.52. The molecule has 1 rings (SSSR count). The Balaban J connectivity index is 2.88. The molecule has 0 unspecified atom stereocenters. The van der Waals surface area contributed by atoms with Gasteiger partial charge < -0.3 is 10.5 Å². The van der Waals surface area contributed by atoms with Crippen molar-refractivity contribution in [2.24, 2.45) is 5.73 Å². The number of benzene rings is 1. The zero-order valence-corrected chi connectivity index (χ0v) is 8.50. The minimum Gasteiger partial charge on any atom is -0.497 e. The summed E-state index contributed by atoms with van der Waals surface area (Å²) >= 11 is 0. The van der Waals surface area contributed by atoms with E-state index < -0.39 is 0 Å². The van der Waals surface area contributed by atoms with Crippen LogP contribution in [0.2, 0.25) is 0 Å². The molecule has 1 aromatic rings. The molecule has 0 aliphatic heterocycles. The Morgan fingerprint density at radius 3 is 2.62 bits per heavy atom. The Bertz CT molecular complexity index is 281. The molecular weight excluding hydrogens is 162 g/mol. The van der Waals surface area contributed by atoms with Crippen LogP contribution in [-0.2, 0) is 6.42 Å². The zero-order valence-electron chi connectivity index (χ0n) is 8.50. The molecule has 2 heteroatoms. The first-order chi connectivity index (χ1) is 6.11. The largest absolute Gasteiger partial charge is 0.497 e. The van der Waals surface area contributed by atoms with E-state index in [2.05, 4.69) is 13.0 Å². The second kappa shape index (κ2) is 4.28. The van der Waals surface area contributed by atoms with E-state index in [0.29, 0.717) is 0 Å². The highest BCUT2D eigenvalue weighted by Crippen LogP contribution is 2.17. The molecule has 72 valence electrons. The summed E-state index contributed by atoms with van der Waals surface area (Å²) < 4.78 is 5.18. The second-order valence-electron chi connectivity index (χ2n) is 3.54. The fourth-order valence-corrected chi connectivity index (χ4v) is 1.43. The molecule has 2 N–H and O–H groups in total. The van der Waals surface area contributed by atoms with Gasteiger partial charge in [0.15, 0.2) is 0 Å². The first kappa shape index (κ1) is 10.1. The third-order valence-corrected chi connectivity index (χ3v) is 1.90. The predicted octanol–water partition coefficient (Wildman–Crippen LogP) is 1.89. The van der Waals surface area contributed by atoms with Gasteiger partial charge in [0.2, 0.25) is 0 Å². The minimum atomic E-state index is 0.200. The summed E-state index contributed by atoms with van der Waals surface area (Å²) in [5.41, 5.74) is 8.19. The van der Waals surface area contributed by atoms with E-state index in [1.807, 2.05) is 19.1 Å². The van der Waals surface area contributed by atoms with Crippen LogP contribution in [0.1, 0.15) is 18.1 Å². The number of rotatable bonds is 3. The van der Waals surface area contributed by atoms with Crippen molar-refractivity contribution in [1.29, 1.82) is 0 Å². The SMILES string of the molecule is COc1cc(C)cc(C[C@H](C)N)c1. The Morgan fingerprint density at radius 2 is 2.08 bits per heavy atom. The summed E-state index contributed by atoms with van der Waals surface area (Å²) in [5.74, 6) is 0.913. The molecule has 0 radical (unpaired) electrons. The zero-order chi connectivity index (χ0) is 9.84. The van der Waals surface area contributed by atoms with Crippen molar-refractivity contribution in [3.8, 4) is 5.75 Å². The lowest BCUT2D eigenvalue weighted by Crippen LogP contribution is -2.17. The lowest BCUT2D eigenvalue weighted by atomic mass is 10.0. The van der Waals surface area contributed by atoms with E-state index in [1.54, 1.807) is 7.11 Å². The lowest BCUT2D eigenvalue weighted by Gasteiger charge is -2.08. The molecule has 0 amide bonds. The second-order valence-corrected chi connectivity index (χ2v) is 3.54. The molecule has 0 spiro atoms. The monoisotopic (exact) mass is 179 g/mol. The maximum absolute atomic E-state index is 5.73. The third-order valence-electron chi connectivity index (χ3n) is 1.90. The van der Waals surface area contributed by atoms with Gasteiger partial charge in [0.1, 0.15) is 5.75 Å². The van der Waals surface area contributed by atoms with E-state index >= 15 is 0 Å². The van der Waals surface area contributed by atoms with Crippen LogP contribution in [0.3, 0.4) is 0 Å². The van der Waals surface area contributed by atoms with Crippen molar-refractivity contribution < 1.29 is 4.74 Å². The van der Waals surface area contributed by atoms with Gasteiger partial charge in [0.05, 0.1) is 7.11 Å². The van der Waals surface area contributed by atoms with Crippen molar-refractivity contribution >= 4 is 0 Å². The van der Waals surface area contributed by atoms with Crippen LogP contribution in [0.25, 0.3) is 0 Å². The van der Waals surface area contributed by atoms with Crippen LogP contribution >= 0.6 is 0 Å². The van der Waals surface area contributed by atoms with Gasteiger partial charge in [-0.3, -0.25) is 0 Å². The summed E-state index contributed by atoms with van der Waals surface area (Å²) in [4.78, 5) is 0. The highest BCUT2D eigenvalue weighted by Gasteiger charge is 2.01. The number of methoxy groups -OCH3 is 1. The van der Waals surface area contributed by atoms with Gasteiger partial charge >= 0.3 is 0 Å². The van der Waals surface area contributed by atoms with Gasteiger partial charge in [-0.05, 0) is 43.5 Å². The van der Waals surface area contributed by atoms with E-state index in [0.717, 1.165) is 12.2 Å². The first-order valence-electron chi connectivity index (χ1n) is 4.52. The summed E-state index contributed by atoms with van der Waals surface area (Å²) in [6.07, 6.45) is 0.901. The Hall–Kier alpha value is -1.02. The molecule has 0 fully saturated rings. The maximum Gasteiger partial charge on any atom is 0.119 e. The summed E-state index contributed by atoms with van der Waals surface area (Å²) in [6, 6.07) is 6.40. The summed E-state index contributed by atoms with van der Waals surface area (Å²) in [6.45, 7) is 4.07. The summed E-state index contributed by atoms with van der Waals surface area (Å²) in [5, 5.41) is 0. The molecule has 0 aromatic heterocycles. The molecule has 0 saturated carbocycles.